The summed E-state index contributed by atoms with van der Waals surface area (Å²) in [4.78, 5) is 63.2. The smallest absolute Gasteiger partial charge is 0.326 e. The summed E-state index contributed by atoms with van der Waals surface area (Å²) in [6, 6.07) is 4.93. The molecule has 0 aliphatic carbocycles. The van der Waals surface area contributed by atoms with Gasteiger partial charge in [0, 0.05) is 30.8 Å². The number of fused-ring (bicyclic) bond motifs is 1. The van der Waals surface area contributed by atoms with Crippen LogP contribution in [0.1, 0.15) is 28.9 Å². The lowest BCUT2D eigenvalue weighted by Crippen LogP contribution is -2.47. The molecule has 0 radical (unpaired) electrons. The molecule has 2 heterocycles. The molecule has 8 N–H and O–H groups in total. The van der Waals surface area contributed by atoms with Gasteiger partial charge in [0.2, 0.25) is 5.95 Å². The number of rotatable bonds is 11. The molecular weight excluding hydrogens is 460 g/mol. The van der Waals surface area contributed by atoms with Gasteiger partial charge in [-0.05, 0) is 30.7 Å². The number of hydrogen-bond donors (Lipinski definition) is 6. The van der Waals surface area contributed by atoms with Crippen molar-refractivity contribution in [2.75, 3.05) is 24.1 Å². The zero-order chi connectivity index (χ0) is 25.5. The molecule has 3 aromatic rings. The molecule has 1 aromatic carbocycles. The van der Waals surface area contributed by atoms with Gasteiger partial charge < -0.3 is 31.9 Å². The first kappa shape index (κ1) is 25.0. The van der Waals surface area contributed by atoms with Crippen LogP contribution in [0.4, 0.5) is 11.6 Å². The number of anilines is 2. The van der Waals surface area contributed by atoms with Gasteiger partial charge in [-0.2, -0.15) is 4.98 Å². The lowest BCUT2D eigenvalue weighted by molar-refractivity contribution is -0.143. The van der Waals surface area contributed by atoms with Crippen LogP contribution in [0.2, 0.25) is 0 Å². The number of nitrogens with two attached hydrogens (primary N) is 2. The molecule has 1 unspecified atom stereocenters. The highest BCUT2D eigenvalue weighted by Crippen LogP contribution is 2.16. The first-order valence-corrected chi connectivity index (χ1v) is 10.5. The van der Waals surface area contributed by atoms with Crippen molar-refractivity contribution in [3.8, 4) is 0 Å². The third-order valence-corrected chi connectivity index (χ3v) is 5.02. The number of nitrogens with zero attached hydrogens (tertiary/aromatic N) is 4. The molecule has 14 nitrogen and oxygen atoms in total. The van der Waals surface area contributed by atoms with E-state index in [-0.39, 0.29) is 48.7 Å². The van der Waals surface area contributed by atoms with E-state index in [4.69, 9.17) is 16.6 Å². The van der Waals surface area contributed by atoms with Crippen LogP contribution >= 0.6 is 0 Å². The van der Waals surface area contributed by atoms with Gasteiger partial charge in [0.25, 0.3) is 11.5 Å². The molecule has 0 spiro atoms. The van der Waals surface area contributed by atoms with Crippen LogP contribution in [0.25, 0.3) is 11.2 Å². The van der Waals surface area contributed by atoms with E-state index in [9.17, 15) is 24.3 Å². The standard InChI is InChI=1S/C21H24N8O6/c22-7-8-29(14(20(34)35)5-6-15(30)31)19(33)11-1-3-12(4-2-11)24-9-13-10-25-17-16(26-13)18(32)28-21(23)27-17/h1-4,10,14,24H,5-9,22H2,(H,30,31)(H,34,35)(H3,23,25,27,28,32). The number of aromatic amines is 1. The fourth-order valence-electron chi connectivity index (χ4n) is 3.36. The van der Waals surface area contributed by atoms with Crippen molar-refractivity contribution in [1.82, 2.24) is 24.8 Å². The summed E-state index contributed by atoms with van der Waals surface area (Å²) in [5.74, 6) is -3.10. The van der Waals surface area contributed by atoms with Crippen molar-refractivity contribution in [1.29, 1.82) is 0 Å². The summed E-state index contributed by atoms with van der Waals surface area (Å²) in [5.41, 5.74) is 12.0. The first-order valence-electron chi connectivity index (χ1n) is 10.5. The molecule has 0 aliphatic rings. The summed E-state index contributed by atoms with van der Waals surface area (Å²) >= 11 is 0. The molecule has 35 heavy (non-hydrogen) atoms. The zero-order valence-corrected chi connectivity index (χ0v) is 18.5. The maximum atomic E-state index is 13.0. The molecule has 3 rings (SSSR count). The Hall–Kier alpha value is -4.59. The number of carboxylic acid groups (broad SMARTS) is 2. The second kappa shape index (κ2) is 11.0. The van der Waals surface area contributed by atoms with E-state index < -0.39 is 35.9 Å². The van der Waals surface area contributed by atoms with E-state index in [2.05, 4.69) is 25.3 Å². The third-order valence-electron chi connectivity index (χ3n) is 5.02. The normalized spacial score (nSPS) is 11.7. The van der Waals surface area contributed by atoms with E-state index in [1.807, 2.05) is 0 Å². The monoisotopic (exact) mass is 484 g/mol. The average molecular weight is 484 g/mol. The first-order chi connectivity index (χ1) is 16.7. The second-order valence-corrected chi connectivity index (χ2v) is 7.49. The van der Waals surface area contributed by atoms with Gasteiger partial charge in [-0.3, -0.25) is 19.4 Å². The quantitative estimate of drug-likeness (QED) is 0.205. The summed E-state index contributed by atoms with van der Waals surface area (Å²) < 4.78 is 0. The van der Waals surface area contributed by atoms with Gasteiger partial charge in [-0.15, -0.1) is 0 Å². The summed E-state index contributed by atoms with van der Waals surface area (Å²) in [7, 11) is 0. The average Bonchev–Trinajstić information content (AvgIpc) is 2.82. The number of aromatic nitrogens is 4. The minimum atomic E-state index is -1.32. The van der Waals surface area contributed by atoms with E-state index >= 15 is 0 Å². The van der Waals surface area contributed by atoms with Gasteiger partial charge in [0.15, 0.2) is 11.2 Å². The SMILES string of the molecule is NCCN(C(=O)c1ccc(NCc2cnc3nc(N)[nH]c(=O)c3n2)cc1)C(CCC(=O)O)C(=O)O. The predicted molar refractivity (Wildman–Crippen MR) is 125 cm³/mol. The van der Waals surface area contributed by atoms with Gasteiger partial charge in [0.1, 0.15) is 6.04 Å². The topological polar surface area (TPSA) is 231 Å². The van der Waals surface area contributed by atoms with Crippen LogP contribution < -0.4 is 22.3 Å². The Bertz CT molecular complexity index is 1290. The zero-order valence-electron chi connectivity index (χ0n) is 18.5. The number of nitrogen functional groups attached to an aromatic ring is 1. The molecule has 0 aliphatic heterocycles. The Morgan fingerprint density at radius 2 is 1.86 bits per heavy atom. The summed E-state index contributed by atoms with van der Waals surface area (Å²) in [5, 5.41) is 21.5. The van der Waals surface area contributed by atoms with Crippen LogP contribution in [-0.2, 0) is 16.1 Å². The Morgan fingerprint density at radius 3 is 2.49 bits per heavy atom. The van der Waals surface area contributed by atoms with Crippen LogP contribution in [0.3, 0.4) is 0 Å². The maximum Gasteiger partial charge on any atom is 0.326 e. The second-order valence-electron chi connectivity index (χ2n) is 7.49. The molecular formula is C21H24N8O6. The van der Waals surface area contributed by atoms with Crippen molar-refractivity contribution >= 4 is 40.6 Å². The molecule has 1 amide bonds. The molecule has 0 bridgehead atoms. The minimum Gasteiger partial charge on any atom is -0.481 e. The molecule has 0 fully saturated rings. The number of carboxylic acids is 2. The van der Waals surface area contributed by atoms with Crippen molar-refractivity contribution in [2.45, 2.75) is 25.4 Å². The van der Waals surface area contributed by atoms with Gasteiger partial charge >= 0.3 is 11.9 Å². The van der Waals surface area contributed by atoms with Crippen molar-refractivity contribution < 1.29 is 24.6 Å². The number of amides is 1. The molecule has 2 aromatic heterocycles. The number of H-pyrrole nitrogens is 1. The van der Waals surface area contributed by atoms with Crippen LogP contribution in [0, 0.1) is 0 Å². The third kappa shape index (κ3) is 6.26. The number of benzene rings is 1. The highest BCUT2D eigenvalue weighted by atomic mass is 16.4. The van der Waals surface area contributed by atoms with E-state index in [0.717, 1.165) is 4.90 Å². The van der Waals surface area contributed by atoms with Gasteiger partial charge in [-0.25, -0.2) is 14.8 Å². The maximum absolute atomic E-state index is 13.0. The Labute approximate surface area is 198 Å². The lowest BCUT2D eigenvalue weighted by Gasteiger charge is -2.28. The van der Waals surface area contributed by atoms with Crippen molar-refractivity contribution in [3.63, 3.8) is 0 Å². The molecule has 0 saturated heterocycles. The fraction of sp³-hybridized carbons (Fsp3) is 0.286. The minimum absolute atomic E-state index is 0.0139. The van der Waals surface area contributed by atoms with Crippen LogP contribution in [-0.4, -0.2) is 72.0 Å². The van der Waals surface area contributed by atoms with E-state index in [1.54, 1.807) is 12.1 Å². The molecule has 14 heteroatoms. The van der Waals surface area contributed by atoms with Gasteiger partial charge in [0.05, 0.1) is 18.4 Å². The molecule has 0 saturated carbocycles. The predicted octanol–water partition coefficient (Wildman–Crippen LogP) is -0.374. The molecule has 184 valence electrons. The van der Waals surface area contributed by atoms with Gasteiger partial charge in [-0.1, -0.05) is 0 Å². The highest BCUT2D eigenvalue weighted by molar-refractivity contribution is 5.97. The number of hydrogen-bond acceptors (Lipinski definition) is 10. The van der Waals surface area contributed by atoms with Crippen LogP contribution in [0.15, 0.2) is 35.3 Å². The highest BCUT2D eigenvalue weighted by Gasteiger charge is 2.30. The number of carbonyl (C=O) groups excluding carboxylic acids is 1. The summed E-state index contributed by atoms with van der Waals surface area (Å²) in [6.45, 7) is 0.186. The number of carbonyl (C=O) groups is 3. The Kier molecular flexibility index (Phi) is 7.88. The summed E-state index contributed by atoms with van der Waals surface area (Å²) in [6.07, 6.45) is 0.807. The van der Waals surface area contributed by atoms with E-state index in [0.29, 0.717) is 11.4 Å². The van der Waals surface area contributed by atoms with Crippen molar-refractivity contribution in [3.05, 3.63) is 52.1 Å². The largest absolute Gasteiger partial charge is 0.481 e. The number of nitrogens with one attached hydrogen (secondary N) is 2. The Morgan fingerprint density at radius 1 is 1.14 bits per heavy atom. The Balaban J connectivity index is 1.71. The van der Waals surface area contributed by atoms with E-state index in [1.165, 1.54) is 18.3 Å². The fourth-order valence-corrected chi connectivity index (χ4v) is 3.36. The number of aliphatic carboxylic acids is 2. The van der Waals surface area contributed by atoms with Crippen molar-refractivity contribution in [2.24, 2.45) is 5.73 Å². The van der Waals surface area contributed by atoms with Crippen LogP contribution in [0.5, 0.6) is 0 Å². The molecule has 1 atom stereocenters. The lowest BCUT2D eigenvalue weighted by atomic mass is 10.1.